The Morgan fingerprint density at radius 3 is 1.52 bits per heavy atom. The predicted octanol–water partition coefficient (Wildman–Crippen LogP) is 3.92. The molecule has 5 nitrogen and oxygen atoms in total. The van der Waals surface area contributed by atoms with Crippen molar-refractivity contribution in [2.45, 2.75) is 0 Å². The Balaban J connectivity index is 0.000000195. The molecular formula is C22H21N3O2. The number of aromatic amines is 1. The van der Waals surface area contributed by atoms with Crippen LogP contribution in [0.25, 0.3) is 32.3 Å². The maximum Gasteiger partial charge on any atom is 0.0690 e. The Kier molecular flexibility index (Phi) is 6.46. The van der Waals surface area contributed by atoms with Crippen LogP contribution in [0.5, 0.6) is 0 Å². The lowest BCUT2D eigenvalue weighted by molar-refractivity contribution is 0.186. The maximum absolute atomic E-state index is 7.62. The van der Waals surface area contributed by atoms with Crippen LogP contribution in [-0.4, -0.2) is 38.8 Å². The van der Waals surface area contributed by atoms with E-state index in [2.05, 4.69) is 88.2 Å². The first-order valence-corrected chi connectivity index (χ1v) is 8.66. The second-order valence-electron chi connectivity index (χ2n) is 5.78. The van der Waals surface area contributed by atoms with E-state index in [1.807, 2.05) is 0 Å². The monoisotopic (exact) mass is 359 g/mol. The number of hydrogen-bond acceptors (Lipinski definition) is 4. The van der Waals surface area contributed by atoms with Crippen LogP contribution in [0.15, 0.2) is 85.2 Å². The van der Waals surface area contributed by atoms with Crippen molar-refractivity contribution in [2.75, 3.05) is 13.2 Å². The number of nitrogens with one attached hydrogen (secondary N) is 1. The van der Waals surface area contributed by atoms with Crippen molar-refractivity contribution in [3.05, 3.63) is 85.2 Å². The molecule has 0 bridgehead atoms. The van der Waals surface area contributed by atoms with Gasteiger partial charge in [-0.1, -0.05) is 78.0 Å². The Morgan fingerprint density at radius 2 is 1.15 bits per heavy atom. The average Bonchev–Trinajstić information content (AvgIpc) is 3.34. The van der Waals surface area contributed by atoms with Gasteiger partial charge in [-0.3, -0.25) is 5.10 Å². The first kappa shape index (κ1) is 18.5. The van der Waals surface area contributed by atoms with E-state index in [-0.39, 0.29) is 13.2 Å². The van der Waals surface area contributed by atoms with Gasteiger partial charge in [0.15, 0.2) is 0 Å². The second kappa shape index (κ2) is 9.43. The van der Waals surface area contributed by atoms with Gasteiger partial charge in [0, 0.05) is 6.20 Å². The molecule has 1 aromatic heterocycles. The third-order valence-electron chi connectivity index (χ3n) is 4.08. The normalized spacial score (nSPS) is 10.1. The molecule has 0 spiro atoms. The highest BCUT2D eigenvalue weighted by Crippen LogP contribution is 2.30. The lowest BCUT2D eigenvalue weighted by Gasteiger charge is -2.07. The van der Waals surface area contributed by atoms with Gasteiger partial charge >= 0.3 is 0 Å². The Bertz CT molecular complexity index is 1010. The molecule has 0 amide bonds. The maximum atomic E-state index is 7.62. The molecule has 0 saturated heterocycles. The molecule has 5 rings (SSSR count). The van der Waals surface area contributed by atoms with Crippen molar-refractivity contribution >= 4 is 32.3 Å². The van der Waals surface area contributed by atoms with Crippen LogP contribution in [-0.2, 0) is 0 Å². The first-order valence-electron chi connectivity index (χ1n) is 8.66. The fraction of sp³-hybridized carbons (Fsp3) is 0.0909. The van der Waals surface area contributed by atoms with E-state index in [1.165, 1.54) is 32.3 Å². The van der Waals surface area contributed by atoms with Crippen molar-refractivity contribution in [2.24, 2.45) is 0 Å². The summed E-state index contributed by atoms with van der Waals surface area (Å²) < 4.78 is 0. The molecule has 0 saturated carbocycles. The van der Waals surface area contributed by atoms with Gasteiger partial charge in [-0.2, -0.15) is 0 Å². The van der Waals surface area contributed by atoms with Gasteiger partial charge in [0.05, 0.1) is 19.4 Å². The summed E-state index contributed by atoms with van der Waals surface area (Å²) in [6.07, 6.45) is 3.24. The van der Waals surface area contributed by atoms with Crippen molar-refractivity contribution < 1.29 is 10.2 Å². The molecule has 4 aromatic carbocycles. The number of aliphatic hydroxyl groups excluding tert-OH is 2. The SMILES string of the molecule is OCCO.c1c[nH]nn1.c1ccc2c(c1)ccc1c3ccccc3ccc21. The minimum Gasteiger partial charge on any atom is -0.394 e. The highest BCUT2D eigenvalue weighted by molar-refractivity contribution is 6.17. The van der Waals surface area contributed by atoms with Gasteiger partial charge in [0.2, 0.25) is 0 Å². The lowest BCUT2D eigenvalue weighted by atomic mass is 9.97. The number of aliphatic hydroxyl groups is 2. The van der Waals surface area contributed by atoms with Crippen LogP contribution in [0.3, 0.4) is 0 Å². The highest BCUT2D eigenvalue weighted by atomic mass is 16.3. The van der Waals surface area contributed by atoms with Crippen molar-refractivity contribution in [3.63, 3.8) is 0 Å². The van der Waals surface area contributed by atoms with Crippen LogP contribution in [0.1, 0.15) is 0 Å². The summed E-state index contributed by atoms with van der Waals surface area (Å²) in [4.78, 5) is 0. The zero-order chi connectivity index (χ0) is 18.9. The standard InChI is InChI=1S/C18H12.C2H3N3.C2H6O2/c1-3-7-15-13(5-1)9-11-18-16-8-4-2-6-14(16)10-12-17(15)18;1-2-4-5-3-1;3-1-2-4/h1-12H;1-2H,(H,3,4,5);3-4H,1-2H2. The molecule has 0 radical (unpaired) electrons. The summed E-state index contributed by atoms with van der Waals surface area (Å²) in [7, 11) is 0. The molecule has 0 atom stereocenters. The zero-order valence-corrected chi connectivity index (χ0v) is 14.8. The summed E-state index contributed by atoms with van der Waals surface area (Å²) in [5.41, 5.74) is 0. The van der Waals surface area contributed by atoms with Crippen LogP contribution in [0, 0.1) is 0 Å². The van der Waals surface area contributed by atoms with Crippen molar-refractivity contribution in [1.29, 1.82) is 0 Å². The summed E-state index contributed by atoms with van der Waals surface area (Å²) in [6.45, 7) is -0.250. The Hall–Kier alpha value is -3.28. The Labute approximate surface area is 156 Å². The van der Waals surface area contributed by atoms with Gasteiger partial charge < -0.3 is 10.2 Å². The zero-order valence-electron chi connectivity index (χ0n) is 14.8. The number of aromatic nitrogens is 3. The largest absolute Gasteiger partial charge is 0.394 e. The molecule has 0 fully saturated rings. The van der Waals surface area contributed by atoms with E-state index in [1.54, 1.807) is 12.4 Å². The number of rotatable bonds is 1. The summed E-state index contributed by atoms with van der Waals surface area (Å²) in [6, 6.07) is 26.0. The molecular weight excluding hydrogens is 338 g/mol. The summed E-state index contributed by atoms with van der Waals surface area (Å²) in [5, 5.41) is 32.5. The first-order chi connectivity index (χ1) is 13.3. The molecule has 5 aromatic rings. The molecule has 1 heterocycles. The van der Waals surface area contributed by atoms with Gasteiger partial charge in [-0.05, 0) is 32.3 Å². The molecule has 0 unspecified atom stereocenters. The van der Waals surface area contributed by atoms with Gasteiger partial charge in [0.1, 0.15) is 0 Å². The number of H-pyrrole nitrogens is 1. The minimum atomic E-state index is -0.125. The topological polar surface area (TPSA) is 82.0 Å². The van der Waals surface area contributed by atoms with Gasteiger partial charge in [-0.15, -0.1) is 5.10 Å². The molecule has 0 aliphatic carbocycles. The van der Waals surface area contributed by atoms with E-state index in [9.17, 15) is 0 Å². The Morgan fingerprint density at radius 1 is 0.630 bits per heavy atom. The van der Waals surface area contributed by atoms with Crippen molar-refractivity contribution in [1.82, 2.24) is 15.4 Å². The molecule has 136 valence electrons. The van der Waals surface area contributed by atoms with E-state index < -0.39 is 0 Å². The van der Waals surface area contributed by atoms with E-state index in [0.29, 0.717) is 0 Å². The number of fused-ring (bicyclic) bond motifs is 5. The second-order valence-corrected chi connectivity index (χ2v) is 5.78. The fourth-order valence-electron chi connectivity index (χ4n) is 2.94. The lowest BCUT2D eigenvalue weighted by Crippen LogP contribution is -1.85. The van der Waals surface area contributed by atoms with Crippen LogP contribution in [0.4, 0.5) is 0 Å². The van der Waals surface area contributed by atoms with Crippen LogP contribution >= 0.6 is 0 Å². The smallest absolute Gasteiger partial charge is 0.0690 e. The average molecular weight is 359 g/mol. The van der Waals surface area contributed by atoms with E-state index >= 15 is 0 Å². The predicted molar refractivity (Wildman–Crippen MR) is 110 cm³/mol. The molecule has 5 heteroatoms. The molecule has 27 heavy (non-hydrogen) atoms. The summed E-state index contributed by atoms with van der Waals surface area (Å²) in [5.74, 6) is 0. The fourth-order valence-corrected chi connectivity index (χ4v) is 2.94. The third-order valence-corrected chi connectivity index (χ3v) is 4.08. The number of benzene rings is 4. The molecule has 0 aliphatic rings. The van der Waals surface area contributed by atoms with Crippen molar-refractivity contribution in [3.8, 4) is 0 Å². The third kappa shape index (κ3) is 4.47. The molecule has 3 N–H and O–H groups in total. The quantitative estimate of drug-likeness (QED) is 0.396. The van der Waals surface area contributed by atoms with Gasteiger partial charge in [0.25, 0.3) is 0 Å². The van der Waals surface area contributed by atoms with Crippen LogP contribution < -0.4 is 0 Å². The van der Waals surface area contributed by atoms with Crippen LogP contribution in [0.2, 0.25) is 0 Å². The van der Waals surface area contributed by atoms with E-state index in [4.69, 9.17) is 10.2 Å². The summed E-state index contributed by atoms with van der Waals surface area (Å²) >= 11 is 0. The van der Waals surface area contributed by atoms with E-state index in [0.717, 1.165) is 0 Å². The number of hydrogen-bond donors (Lipinski definition) is 3. The van der Waals surface area contributed by atoms with Gasteiger partial charge in [-0.25, -0.2) is 0 Å². The number of nitrogens with zero attached hydrogens (tertiary/aromatic N) is 2. The minimum absolute atomic E-state index is 0.125. The molecule has 0 aliphatic heterocycles. The highest BCUT2D eigenvalue weighted by Gasteiger charge is 2.03.